The highest BCUT2D eigenvalue weighted by molar-refractivity contribution is 7.99. The molecule has 9 heteroatoms. The van der Waals surface area contributed by atoms with Crippen LogP contribution >= 0.6 is 35.0 Å². The Morgan fingerprint density at radius 2 is 2.36 bits per heavy atom. The first-order valence-corrected chi connectivity index (χ1v) is 8.58. The van der Waals surface area contributed by atoms with Crippen molar-refractivity contribution in [3.05, 3.63) is 22.3 Å². The van der Waals surface area contributed by atoms with Crippen LogP contribution in [0.1, 0.15) is 12.8 Å². The van der Waals surface area contributed by atoms with Crippen molar-refractivity contribution < 1.29 is 9.53 Å². The van der Waals surface area contributed by atoms with Gasteiger partial charge in [0.1, 0.15) is 0 Å². The number of fused-ring (bicyclic) bond motifs is 1. The molecule has 1 atom stereocenters. The lowest BCUT2D eigenvalue weighted by Crippen LogP contribution is -2.32. The average molecular weight is 361 g/mol. The molecule has 0 saturated carbocycles. The predicted octanol–water partition coefficient (Wildman–Crippen LogP) is 2.42. The Balaban J connectivity index is 1.58. The fraction of sp³-hybridized carbons (Fsp3) is 0.462. The van der Waals surface area contributed by atoms with Gasteiger partial charge in [0.2, 0.25) is 5.91 Å². The third-order valence-corrected chi connectivity index (χ3v) is 4.71. The lowest BCUT2D eigenvalue weighted by atomic mass is 10.2. The van der Waals surface area contributed by atoms with Gasteiger partial charge in [-0.15, -0.1) is 10.2 Å². The number of carbonyl (C=O) groups is 1. The fourth-order valence-electron chi connectivity index (χ4n) is 2.22. The molecule has 3 rings (SSSR count). The Hall–Kier alpha value is -1.02. The first-order chi connectivity index (χ1) is 10.6. The molecule has 0 bridgehead atoms. The Labute approximate surface area is 141 Å². The quantitative estimate of drug-likeness (QED) is 0.829. The van der Waals surface area contributed by atoms with E-state index in [9.17, 15) is 4.79 Å². The number of nitrogens with zero attached hydrogens (tertiary/aromatic N) is 3. The van der Waals surface area contributed by atoms with E-state index in [1.54, 1.807) is 16.7 Å². The first kappa shape index (κ1) is 15.9. The van der Waals surface area contributed by atoms with Gasteiger partial charge in [-0.3, -0.25) is 9.20 Å². The molecule has 1 aliphatic rings. The van der Waals surface area contributed by atoms with E-state index in [0.29, 0.717) is 27.4 Å². The molecule has 0 aliphatic carbocycles. The van der Waals surface area contributed by atoms with Crippen LogP contribution in [0, 0.1) is 0 Å². The van der Waals surface area contributed by atoms with Crippen molar-refractivity contribution >= 4 is 46.5 Å². The molecule has 2 aromatic rings. The molecule has 1 saturated heterocycles. The highest BCUT2D eigenvalue weighted by Crippen LogP contribution is 2.25. The second kappa shape index (κ2) is 7.04. The van der Waals surface area contributed by atoms with E-state index in [1.807, 2.05) is 0 Å². The zero-order valence-electron chi connectivity index (χ0n) is 11.6. The number of amides is 1. The summed E-state index contributed by atoms with van der Waals surface area (Å²) in [7, 11) is 0. The molecule has 1 aliphatic heterocycles. The van der Waals surface area contributed by atoms with Gasteiger partial charge in [-0.1, -0.05) is 35.0 Å². The zero-order valence-corrected chi connectivity index (χ0v) is 13.9. The van der Waals surface area contributed by atoms with Crippen LogP contribution < -0.4 is 5.32 Å². The smallest absolute Gasteiger partial charge is 0.230 e. The number of thioether (sulfide) groups is 1. The number of hydrogen-bond acceptors (Lipinski definition) is 5. The van der Waals surface area contributed by atoms with Gasteiger partial charge >= 0.3 is 0 Å². The number of pyridine rings is 1. The molecule has 1 fully saturated rings. The van der Waals surface area contributed by atoms with E-state index in [1.165, 1.54) is 11.8 Å². The van der Waals surface area contributed by atoms with Gasteiger partial charge in [0, 0.05) is 19.3 Å². The molecule has 118 valence electrons. The zero-order chi connectivity index (χ0) is 15.5. The van der Waals surface area contributed by atoms with Crippen LogP contribution in [-0.2, 0) is 9.53 Å². The molecule has 0 radical (unpaired) electrons. The van der Waals surface area contributed by atoms with Gasteiger partial charge in [0.15, 0.2) is 10.8 Å². The maximum absolute atomic E-state index is 11.9. The van der Waals surface area contributed by atoms with Crippen molar-refractivity contribution in [2.24, 2.45) is 0 Å². The maximum atomic E-state index is 11.9. The van der Waals surface area contributed by atoms with Crippen LogP contribution in [-0.4, -0.2) is 45.5 Å². The number of ether oxygens (including phenoxy) is 1. The third kappa shape index (κ3) is 3.65. The normalized spacial score (nSPS) is 18.0. The molecule has 6 nitrogen and oxygen atoms in total. The predicted molar refractivity (Wildman–Crippen MR) is 85.7 cm³/mol. The largest absolute Gasteiger partial charge is 0.376 e. The number of carbonyl (C=O) groups excluding carboxylic acids is 1. The van der Waals surface area contributed by atoms with Crippen LogP contribution in [0.15, 0.2) is 17.4 Å². The highest BCUT2D eigenvalue weighted by atomic mass is 35.5. The summed E-state index contributed by atoms with van der Waals surface area (Å²) in [5, 5.41) is 12.4. The monoisotopic (exact) mass is 360 g/mol. The number of nitrogens with one attached hydrogen (secondary N) is 1. The van der Waals surface area contributed by atoms with Gasteiger partial charge in [0.25, 0.3) is 0 Å². The van der Waals surface area contributed by atoms with Gasteiger partial charge in [-0.2, -0.15) is 0 Å². The molecule has 3 heterocycles. The molecular weight excluding hydrogens is 347 g/mol. The van der Waals surface area contributed by atoms with Crippen LogP contribution in [0.5, 0.6) is 0 Å². The van der Waals surface area contributed by atoms with Gasteiger partial charge in [-0.25, -0.2) is 0 Å². The molecule has 0 unspecified atom stereocenters. The molecule has 1 amide bonds. The van der Waals surface area contributed by atoms with E-state index in [4.69, 9.17) is 27.9 Å². The number of halogens is 2. The fourth-order valence-corrected chi connectivity index (χ4v) is 3.46. The Morgan fingerprint density at radius 1 is 1.50 bits per heavy atom. The van der Waals surface area contributed by atoms with Crippen molar-refractivity contribution in [2.75, 3.05) is 18.9 Å². The molecule has 22 heavy (non-hydrogen) atoms. The molecule has 0 spiro atoms. The van der Waals surface area contributed by atoms with Crippen LogP contribution in [0.2, 0.25) is 10.0 Å². The summed E-state index contributed by atoms with van der Waals surface area (Å²) in [6, 6.07) is 1.61. The Bertz CT molecular complexity index is 688. The minimum absolute atomic E-state index is 0.0645. The number of aromatic nitrogens is 3. The Kier molecular flexibility index (Phi) is 5.07. The molecule has 2 aromatic heterocycles. The summed E-state index contributed by atoms with van der Waals surface area (Å²) in [5.74, 6) is 0.183. The van der Waals surface area contributed by atoms with Crippen molar-refractivity contribution in [3.63, 3.8) is 0 Å². The van der Waals surface area contributed by atoms with E-state index in [2.05, 4.69) is 15.5 Å². The summed E-state index contributed by atoms with van der Waals surface area (Å²) in [4.78, 5) is 11.9. The van der Waals surface area contributed by atoms with E-state index in [0.717, 1.165) is 19.4 Å². The number of hydrogen-bond donors (Lipinski definition) is 1. The number of rotatable bonds is 5. The van der Waals surface area contributed by atoms with Crippen LogP contribution in [0.3, 0.4) is 0 Å². The van der Waals surface area contributed by atoms with Crippen molar-refractivity contribution in [3.8, 4) is 0 Å². The summed E-state index contributed by atoms with van der Waals surface area (Å²) in [5.41, 5.74) is 0.522. The van der Waals surface area contributed by atoms with Gasteiger partial charge in [-0.05, 0) is 18.9 Å². The van der Waals surface area contributed by atoms with Gasteiger partial charge in [0.05, 0.1) is 21.9 Å². The van der Waals surface area contributed by atoms with Gasteiger partial charge < -0.3 is 10.1 Å². The minimum atomic E-state index is -0.0645. The van der Waals surface area contributed by atoms with Crippen LogP contribution in [0.4, 0.5) is 0 Å². The van der Waals surface area contributed by atoms with Crippen molar-refractivity contribution in [1.82, 2.24) is 19.9 Å². The lowest BCUT2D eigenvalue weighted by molar-refractivity contribution is -0.119. The minimum Gasteiger partial charge on any atom is -0.376 e. The summed E-state index contributed by atoms with van der Waals surface area (Å²) in [6.07, 6.45) is 3.87. The molecule has 0 aromatic carbocycles. The second-order valence-electron chi connectivity index (χ2n) is 4.91. The van der Waals surface area contributed by atoms with E-state index >= 15 is 0 Å². The maximum Gasteiger partial charge on any atom is 0.230 e. The molecular formula is C13H14Cl2N4O2S. The highest BCUT2D eigenvalue weighted by Gasteiger charge is 2.17. The summed E-state index contributed by atoms with van der Waals surface area (Å²) in [6.45, 7) is 1.33. The van der Waals surface area contributed by atoms with Crippen LogP contribution in [0.25, 0.3) is 5.65 Å². The lowest BCUT2D eigenvalue weighted by Gasteiger charge is -2.10. The third-order valence-electron chi connectivity index (χ3n) is 3.28. The molecule has 1 N–H and O–H groups in total. The second-order valence-corrected chi connectivity index (χ2v) is 6.70. The van der Waals surface area contributed by atoms with E-state index < -0.39 is 0 Å². The van der Waals surface area contributed by atoms with E-state index in [-0.39, 0.29) is 17.8 Å². The van der Waals surface area contributed by atoms with Crippen molar-refractivity contribution in [2.45, 2.75) is 24.1 Å². The average Bonchev–Trinajstić information content (AvgIpc) is 3.12. The standard InChI is InChI=1S/C13H14Cl2N4O2S/c14-8-4-10(15)12-17-18-13(19(12)6-8)22-7-11(20)16-5-9-2-1-3-21-9/h4,6,9H,1-3,5,7H2,(H,16,20)/t9-/m1/s1. The SMILES string of the molecule is O=C(CSc1nnc2c(Cl)cc(Cl)cn12)NC[C@H]1CCCO1. The summed E-state index contributed by atoms with van der Waals surface area (Å²) >= 11 is 13.3. The topological polar surface area (TPSA) is 68.5 Å². The Morgan fingerprint density at radius 3 is 3.14 bits per heavy atom. The first-order valence-electron chi connectivity index (χ1n) is 6.84. The van der Waals surface area contributed by atoms with Crippen molar-refractivity contribution in [1.29, 1.82) is 0 Å². The summed E-state index contributed by atoms with van der Waals surface area (Å²) < 4.78 is 7.14.